The van der Waals surface area contributed by atoms with E-state index in [9.17, 15) is 9.59 Å². The van der Waals surface area contributed by atoms with E-state index >= 15 is 0 Å². The summed E-state index contributed by atoms with van der Waals surface area (Å²) in [5.74, 6) is 1.66. The molecule has 19 heavy (non-hydrogen) atoms. The van der Waals surface area contributed by atoms with Crippen molar-refractivity contribution < 1.29 is 9.59 Å². The first-order chi connectivity index (χ1) is 8.99. The maximum atomic E-state index is 12.2. The van der Waals surface area contributed by atoms with E-state index in [-0.39, 0.29) is 11.7 Å². The van der Waals surface area contributed by atoms with Crippen molar-refractivity contribution in [2.24, 2.45) is 0 Å². The third-order valence-electron chi connectivity index (χ3n) is 3.64. The van der Waals surface area contributed by atoms with Gasteiger partial charge in [0.2, 0.25) is 5.91 Å². The van der Waals surface area contributed by atoms with Gasteiger partial charge in [-0.1, -0.05) is 12.8 Å². The molecule has 2 rings (SSSR count). The van der Waals surface area contributed by atoms with Gasteiger partial charge in [-0.25, -0.2) is 0 Å². The van der Waals surface area contributed by atoms with E-state index in [1.165, 1.54) is 0 Å². The lowest BCUT2D eigenvalue weighted by Gasteiger charge is -2.16. The fraction of sp³-hybridized carbons (Fsp3) is 0.375. The van der Waals surface area contributed by atoms with Crippen LogP contribution in [0.15, 0.2) is 12.1 Å². The van der Waals surface area contributed by atoms with Crippen LogP contribution in [0.2, 0.25) is 0 Å². The van der Waals surface area contributed by atoms with Crippen LogP contribution in [0.25, 0.3) is 0 Å². The highest BCUT2D eigenvalue weighted by Crippen LogP contribution is 2.30. The van der Waals surface area contributed by atoms with Crippen molar-refractivity contribution in [3.8, 4) is 12.3 Å². The largest absolute Gasteiger partial charge is 0.346 e. The summed E-state index contributed by atoms with van der Waals surface area (Å²) in [5, 5.41) is 2.69. The van der Waals surface area contributed by atoms with Crippen LogP contribution in [-0.2, 0) is 16.0 Å². The summed E-state index contributed by atoms with van der Waals surface area (Å²) in [4.78, 5) is 24.2. The second-order valence-corrected chi connectivity index (χ2v) is 4.93. The van der Waals surface area contributed by atoms with Crippen LogP contribution in [-0.4, -0.2) is 17.7 Å². The molecule has 0 bridgehead atoms. The predicted octanol–water partition coefficient (Wildman–Crippen LogP) is 1.71. The minimum atomic E-state index is -0.684. The van der Waals surface area contributed by atoms with Crippen LogP contribution < -0.4 is 5.32 Å². The smallest absolute Gasteiger partial charge is 0.235 e. The summed E-state index contributed by atoms with van der Waals surface area (Å²) in [6.07, 6.45) is 6.17. The number of ketones is 1. The molecule has 1 amide bonds. The molecular formula is C16H17NO2. The molecule has 1 N–H and O–H groups in total. The van der Waals surface area contributed by atoms with E-state index in [0.29, 0.717) is 0 Å². The first-order valence-corrected chi connectivity index (χ1v) is 6.43. The summed E-state index contributed by atoms with van der Waals surface area (Å²) < 4.78 is 0. The number of aryl methyl sites for hydroxylation is 2. The molecular weight excluding hydrogens is 238 g/mol. The first kappa shape index (κ1) is 13.4. The quantitative estimate of drug-likeness (QED) is 0.646. The van der Waals surface area contributed by atoms with E-state index in [2.05, 4.69) is 11.2 Å². The molecule has 1 aromatic rings. The molecule has 1 aliphatic heterocycles. The van der Waals surface area contributed by atoms with Crippen molar-refractivity contribution in [2.45, 2.75) is 39.2 Å². The highest BCUT2D eigenvalue weighted by molar-refractivity contribution is 6.15. The van der Waals surface area contributed by atoms with Gasteiger partial charge in [0.25, 0.3) is 0 Å². The number of carbonyl (C=O) groups excluding carboxylic acids is 2. The number of hydrogen-bond donors (Lipinski definition) is 1. The second kappa shape index (κ2) is 4.89. The first-order valence-electron chi connectivity index (χ1n) is 6.43. The minimum Gasteiger partial charge on any atom is -0.346 e. The van der Waals surface area contributed by atoms with Crippen molar-refractivity contribution in [1.82, 2.24) is 5.32 Å². The third-order valence-corrected chi connectivity index (χ3v) is 3.64. The van der Waals surface area contributed by atoms with E-state index in [1.807, 2.05) is 26.0 Å². The minimum absolute atomic E-state index is 0.0590. The maximum Gasteiger partial charge on any atom is 0.235 e. The SMILES string of the molecule is C#Cc1cc(C)c(C2C(=O)NC(C)C2=O)c(CC)c1. The molecule has 98 valence electrons. The molecule has 1 heterocycles. The van der Waals surface area contributed by atoms with Crippen LogP contribution in [0, 0.1) is 19.3 Å². The van der Waals surface area contributed by atoms with Gasteiger partial charge in [-0.2, -0.15) is 0 Å². The van der Waals surface area contributed by atoms with Crippen LogP contribution >= 0.6 is 0 Å². The standard InChI is InChI=1S/C16H17NO2/c1-5-11-7-9(3)13(12(6-2)8-11)14-15(18)10(4)17-16(14)19/h1,7-8,10,14H,6H2,2-4H3,(H,17,19). The summed E-state index contributed by atoms with van der Waals surface area (Å²) in [5.41, 5.74) is 3.51. The Balaban J connectivity index is 2.60. The Kier molecular flexibility index (Phi) is 3.44. The van der Waals surface area contributed by atoms with Crippen LogP contribution in [0.4, 0.5) is 0 Å². The number of rotatable bonds is 2. The lowest BCUT2D eigenvalue weighted by Crippen LogP contribution is -2.25. The Morgan fingerprint density at radius 3 is 2.53 bits per heavy atom. The number of benzene rings is 1. The molecule has 0 saturated carbocycles. The summed E-state index contributed by atoms with van der Waals surface area (Å²) in [6.45, 7) is 5.62. The van der Waals surface area contributed by atoms with Crippen LogP contribution in [0.1, 0.15) is 42.0 Å². The Morgan fingerprint density at radius 1 is 1.37 bits per heavy atom. The van der Waals surface area contributed by atoms with E-state index < -0.39 is 12.0 Å². The topological polar surface area (TPSA) is 46.2 Å². The molecule has 3 heteroatoms. The van der Waals surface area contributed by atoms with Gasteiger partial charge < -0.3 is 5.32 Å². The zero-order valence-corrected chi connectivity index (χ0v) is 11.4. The van der Waals surface area contributed by atoms with Gasteiger partial charge in [0.1, 0.15) is 5.92 Å². The zero-order chi connectivity index (χ0) is 14.2. The van der Waals surface area contributed by atoms with Crippen molar-refractivity contribution >= 4 is 11.7 Å². The van der Waals surface area contributed by atoms with Gasteiger partial charge in [0.05, 0.1) is 6.04 Å². The molecule has 3 nitrogen and oxygen atoms in total. The van der Waals surface area contributed by atoms with Crippen molar-refractivity contribution in [3.05, 3.63) is 34.4 Å². The monoisotopic (exact) mass is 255 g/mol. The highest BCUT2D eigenvalue weighted by atomic mass is 16.2. The lowest BCUT2D eigenvalue weighted by molar-refractivity contribution is -0.124. The van der Waals surface area contributed by atoms with E-state index in [4.69, 9.17) is 6.42 Å². The third kappa shape index (κ3) is 2.15. The summed E-state index contributed by atoms with van der Waals surface area (Å²) in [6, 6.07) is 3.35. The molecule has 0 radical (unpaired) electrons. The van der Waals surface area contributed by atoms with Gasteiger partial charge in [-0.05, 0) is 49.1 Å². The molecule has 1 fully saturated rings. The number of Topliss-reactive ketones (excluding diaryl/α,β-unsaturated/α-hetero) is 1. The molecule has 0 spiro atoms. The van der Waals surface area contributed by atoms with Gasteiger partial charge in [0.15, 0.2) is 5.78 Å². The summed E-state index contributed by atoms with van der Waals surface area (Å²) >= 11 is 0. The van der Waals surface area contributed by atoms with Crippen LogP contribution in [0.5, 0.6) is 0 Å². The molecule has 1 aromatic carbocycles. The average molecular weight is 255 g/mol. The fourth-order valence-corrected chi connectivity index (χ4v) is 2.68. The Labute approximate surface area is 113 Å². The van der Waals surface area contributed by atoms with Gasteiger partial charge >= 0.3 is 0 Å². The molecule has 1 saturated heterocycles. The zero-order valence-electron chi connectivity index (χ0n) is 11.4. The van der Waals surface area contributed by atoms with E-state index in [0.717, 1.165) is 28.7 Å². The molecule has 2 unspecified atom stereocenters. The van der Waals surface area contributed by atoms with Gasteiger partial charge in [0, 0.05) is 5.56 Å². The van der Waals surface area contributed by atoms with Crippen LogP contribution in [0.3, 0.4) is 0 Å². The Hall–Kier alpha value is -2.08. The fourth-order valence-electron chi connectivity index (χ4n) is 2.68. The number of nitrogens with one attached hydrogen (secondary N) is 1. The maximum absolute atomic E-state index is 12.2. The molecule has 2 atom stereocenters. The molecule has 0 aromatic heterocycles. The van der Waals surface area contributed by atoms with Gasteiger partial charge in [-0.15, -0.1) is 6.42 Å². The molecule has 0 aliphatic carbocycles. The van der Waals surface area contributed by atoms with Gasteiger partial charge in [-0.3, -0.25) is 9.59 Å². The van der Waals surface area contributed by atoms with Crippen molar-refractivity contribution in [1.29, 1.82) is 0 Å². The average Bonchev–Trinajstić information content (AvgIpc) is 2.63. The van der Waals surface area contributed by atoms with Crippen molar-refractivity contribution in [2.75, 3.05) is 0 Å². The number of carbonyl (C=O) groups is 2. The van der Waals surface area contributed by atoms with Crippen molar-refractivity contribution in [3.63, 3.8) is 0 Å². The second-order valence-electron chi connectivity index (χ2n) is 4.93. The number of amides is 1. The highest BCUT2D eigenvalue weighted by Gasteiger charge is 2.41. The Bertz CT molecular complexity index is 596. The lowest BCUT2D eigenvalue weighted by atomic mass is 9.85. The number of terminal acetylenes is 1. The summed E-state index contributed by atoms with van der Waals surface area (Å²) in [7, 11) is 0. The normalized spacial score (nSPS) is 22.2. The number of hydrogen-bond acceptors (Lipinski definition) is 2. The van der Waals surface area contributed by atoms with E-state index in [1.54, 1.807) is 6.92 Å². The Morgan fingerprint density at radius 2 is 2.05 bits per heavy atom. The predicted molar refractivity (Wildman–Crippen MR) is 73.8 cm³/mol. The molecule has 1 aliphatic rings.